The number of rotatable bonds is 3. The van der Waals surface area contributed by atoms with Crippen LogP contribution in [0.1, 0.15) is 4.88 Å². The number of carboxylic acid groups (broad SMARTS) is 1. The Bertz CT molecular complexity index is 385. The number of carbonyl (C=O) groups is 2. The number of anilines is 1. The van der Waals surface area contributed by atoms with Gasteiger partial charge in [-0.25, -0.2) is 14.6 Å². The zero-order chi connectivity index (χ0) is 10.6. The Morgan fingerprint density at radius 2 is 2.36 bits per heavy atom. The summed E-state index contributed by atoms with van der Waals surface area (Å²) in [7, 11) is 0. The van der Waals surface area contributed by atoms with E-state index in [1.54, 1.807) is 0 Å². The number of amides is 2. The molecule has 0 aliphatic rings. The maximum atomic E-state index is 10.4. The van der Waals surface area contributed by atoms with E-state index in [4.69, 9.17) is 10.8 Å². The van der Waals surface area contributed by atoms with Crippen LogP contribution in [0.4, 0.5) is 9.93 Å². The van der Waals surface area contributed by atoms with E-state index in [-0.39, 0.29) is 0 Å². The fourth-order valence-corrected chi connectivity index (χ4v) is 1.40. The van der Waals surface area contributed by atoms with Crippen molar-refractivity contribution in [2.24, 2.45) is 5.73 Å². The summed E-state index contributed by atoms with van der Waals surface area (Å²) in [6.07, 6.45) is 3.81. The lowest BCUT2D eigenvalue weighted by Gasteiger charge is -1.91. The molecule has 0 aromatic carbocycles. The lowest BCUT2D eigenvalue weighted by molar-refractivity contribution is -0.131. The molecular weight excluding hydrogens is 206 g/mol. The van der Waals surface area contributed by atoms with E-state index in [2.05, 4.69) is 10.3 Å². The average molecular weight is 213 g/mol. The predicted octanol–water partition coefficient (Wildman–Crippen LogP) is 0.732. The highest BCUT2D eigenvalue weighted by Gasteiger charge is 2.01. The SMILES string of the molecule is NC(=O)Nc1ncc(/C=C/C(=O)O)s1. The molecule has 0 aliphatic heterocycles. The van der Waals surface area contributed by atoms with Crippen LogP contribution in [0, 0.1) is 0 Å². The highest BCUT2D eigenvalue weighted by Crippen LogP contribution is 2.18. The van der Waals surface area contributed by atoms with Crippen molar-refractivity contribution in [2.45, 2.75) is 0 Å². The smallest absolute Gasteiger partial charge is 0.328 e. The van der Waals surface area contributed by atoms with Crippen LogP contribution in [-0.4, -0.2) is 22.1 Å². The Kier molecular flexibility index (Phi) is 3.19. The number of thiazole rings is 1. The third-order valence-corrected chi connectivity index (χ3v) is 2.02. The van der Waals surface area contributed by atoms with Crippen molar-refractivity contribution < 1.29 is 14.7 Å². The zero-order valence-electron chi connectivity index (χ0n) is 6.93. The Hall–Kier alpha value is -1.89. The minimum absolute atomic E-state index is 0.336. The number of nitrogens with one attached hydrogen (secondary N) is 1. The van der Waals surface area contributed by atoms with Crippen molar-refractivity contribution in [1.82, 2.24) is 4.98 Å². The van der Waals surface area contributed by atoms with Crippen LogP contribution >= 0.6 is 11.3 Å². The predicted molar refractivity (Wildman–Crippen MR) is 52.0 cm³/mol. The molecule has 0 bridgehead atoms. The maximum absolute atomic E-state index is 10.4. The van der Waals surface area contributed by atoms with E-state index in [1.165, 1.54) is 12.3 Å². The molecule has 74 valence electrons. The van der Waals surface area contributed by atoms with Crippen molar-refractivity contribution >= 4 is 34.5 Å². The lowest BCUT2D eigenvalue weighted by atomic mass is 10.4. The highest BCUT2D eigenvalue weighted by molar-refractivity contribution is 7.16. The number of nitrogens with zero attached hydrogens (tertiary/aromatic N) is 1. The molecule has 0 radical (unpaired) electrons. The Morgan fingerprint density at radius 3 is 2.93 bits per heavy atom. The molecule has 7 heteroatoms. The van der Waals surface area contributed by atoms with Crippen LogP contribution in [0.5, 0.6) is 0 Å². The van der Waals surface area contributed by atoms with Crippen LogP contribution in [0.2, 0.25) is 0 Å². The van der Waals surface area contributed by atoms with Gasteiger partial charge in [-0.1, -0.05) is 11.3 Å². The molecule has 1 rings (SSSR count). The van der Waals surface area contributed by atoms with Gasteiger partial charge in [0.25, 0.3) is 0 Å². The summed E-state index contributed by atoms with van der Waals surface area (Å²) >= 11 is 1.13. The third kappa shape index (κ3) is 3.23. The molecule has 1 aromatic heterocycles. The molecule has 0 spiro atoms. The van der Waals surface area contributed by atoms with Gasteiger partial charge in [0.2, 0.25) is 0 Å². The first-order valence-electron chi connectivity index (χ1n) is 3.51. The number of aliphatic carboxylic acids is 1. The number of aromatic nitrogens is 1. The van der Waals surface area contributed by atoms with Gasteiger partial charge >= 0.3 is 12.0 Å². The topological polar surface area (TPSA) is 105 Å². The molecule has 4 N–H and O–H groups in total. The number of nitrogens with two attached hydrogens (primary N) is 1. The minimum atomic E-state index is -1.04. The molecule has 0 saturated carbocycles. The number of urea groups is 1. The van der Waals surface area contributed by atoms with Gasteiger partial charge in [-0.15, -0.1) is 0 Å². The van der Waals surface area contributed by atoms with Crippen molar-refractivity contribution in [2.75, 3.05) is 5.32 Å². The Balaban J connectivity index is 2.68. The number of hydrogen-bond acceptors (Lipinski definition) is 4. The van der Waals surface area contributed by atoms with Gasteiger partial charge < -0.3 is 10.8 Å². The number of primary amides is 1. The Labute approximate surface area is 83.1 Å². The van der Waals surface area contributed by atoms with Crippen molar-refractivity contribution in [3.63, 3.8) is 0 Å². The molecule has 14 heavy (non-hydrogen) atoms. The van der Waals surface area contributed by atoms with E-state index in [0.29, 0.717) is 10.0 Å². The highest BCUT2D eigenvalue weighted by atomic mass is 32.1. The van der Waals surface area contributed by atoms with Gasteiger partial charge in [0.05, 0.1) is 0 Å². The fourth-order valence-electron chi connectivity index (χ4n) is 0.680. The second-order valence-electron chi connectivity index (χ2n) is 2.23. The molecule has 2 amide bonds. The summed E-state index contributed by atoms with van der Waals surface area (Å²) in [5.41, 5.74) is 4.86. The van der Waals surface area contributed by atoms with Crippen LogP contribution in [0.15, 0.2) is 12.3 Å². The average Bonchev–Trinajstić information content (AvgIpc) is 2.47. The van der Waals surface area contributed by atoms with Crippen LogP contribution in [0.25, 0.3) is 6.08 Å². The van der Waals surface area contributed by atoms with Gasteiger partial charge in [0.15, 0.2) is 5.13 Å². The van der Waals surface area contributed by atoms with Gasteiger partial charge in [-0.3, -0.25) is 5.32 Å². The van der Waals surface area contributed by atoms with Gasteiger partial charge in [0.1, 0.15) is 0 Å². The lowest BCUT2D eigenvalue weighted by Crippen LogP contribution is -2.18. The molecule has 0 saturated heterocycles. The molecule has 1 heterocycles. The molecule has 6 nitrogen and oxygen atoms in total. The first-order chi connectivity index (χ1) is 6.58. The third-order valence-electron chi connectivity index (χ3n) is 1.14. The van der Waals surface area contributed by atoms with Crippen molar-refractivity contribution in [3.8, 4) is 0 Å². The van der Waals surface area contributed by atoms with Gasteiger partial charge in [-0.05, 0) is 6.08 Å². The minimum Gasteiger partial charge on any atom is -0.478 e. The second-order valence-corrected chi connectivity index (χ2v) is 3.29. The summed E-state index contributed by atoms with van der Waals surface area (Å²) in [6, 6.07) is -0.701. The maximum Gasteiger partial charge on any atom is 0.328 e. The molecule has 0 atom stereocenters. The van der Waals surface area contributed by atoms with E-state index >= 15 is 0 Å². The van der Waals surface area contributed by atoms with Crippen molar-refractivity contribution in [1.29, 1.82) is 0 Å². The molecule has 0 aliphatic carbocycles. The number of hydrogen-bond donors (Lipinski definition) is 3. The Morgan fingerprint density at radius 1 is 1.64 bits per heavy atom. The summed E-state index contributed by atoms with van der Waals surface area (Å²) < 4.78 is 0. The number of carboxylic acids is 1. The zero-order valence-corrected chi connectivity index (χ0v) is 7.75. The first-order valence-corrected chi connectivity index (χ1v) is 4.33. The van der Waals surface area contributed by atoms with Gasteiger partial charge in [0, 0.05) is 17.2 Å². The van der Waals surface area contributed by atoms with E-state index in [1.807, 2.05) is 0 Å². The van der Waals surface area contributed by atoms with Gasteiger partial charge in [-0.2, -0.15) is 0 Å². The summed E-state index contributed by atoms with van der Waals surface area (Å²) in [6.45, 7) is 0. The molecule has 0 fully saturated rings. The van der Waals surface area contributed by atoms with Crippen LogP contribution < -0.4 is 11.1 Å². The largest absolute Gasteiger partial charge is 0.478 e. The van der Waals surface area contributed by atoms with E-state index in [9.17, 15) is 9.59 Å². The van der Waals surface area contributed by atoms with Crippen LogP contribution in [-0.2, 0) is 4.79 Å². The monoisotopic (exact) mass is 213 g/mol. The summed E-state index contributed by atoms with van der Waals surface area (Å²) in [4.78, 5) is 25.0. The summed E-state index contributed by atoms with van der Waals surface area (Å²) in [5.74, 6) is -1.04. The van der Waals surface area contributed by atoms with E-state index in [0.717, 1.165) is 17.4 Å². The second kappa shape index (κ2) is 4.38. The van der Waals surface area contributed by atoms with Crippen LogP contribution in [0.3, 0.4) is 0 Å². The normalized spacial score (nSPS) is 10.3. The van der Waals surface area contributed by atoms with E-state index < -0.39 is 12.0 Å². The summed E-state index contributed by atoms with van der Waals surface area (Å²) in [5, 5.41) is 10.9. The van der Waals surface area contributed by atoms with Crippen molar-refractivity contribution in [3.05, 3.63) is 17.2 Å². The molecule has 1 aromatic rings. The number of carbonyl (C=O) groups excluding carboxylic acids is 1. The fraction of sp³-hybridized carbons (Fsp3) is 0. The standard InChI is InChI=1S/C7H7N3O3S/c8-6(13)10-7-9-3-4(14-7)1-2-5(11)12/h1-3H,(H,11,12)(H3,8,9,10,13)/b2-1+. The quantitative estimate of drug-likeness (QED) is 0.643. The first kappa shape index (κ1) is 10.2. The molecule has 0 unspecified atom stereocenters. The molecular formula is C7H7N3O3S.